The van der Waals surface area contributed by atoms with Crippen LogP contribution in [0.1, 0.15) is 12.5 Å². The molecular weight excluding hydrogens is 237 g/mol. The van der Waals surface area contributed by atoms with Gasteiger partial charge in [0.2, 0.25) is 0 Å². The van der Waals surface area contributed by atoms with Crippen molar-refractivity contribution in [3.8, 4) is 11.1 Å². The summed E-state index contributed by atoms with van der Waals surface area (Å²) in [5, 5.41) is 1.01. The number of hydrogen-bond acceptors (Lipinski definition) is 1. The van der Waals surface area contributed by atoms with Crippen molar-refractivity contribution in [2.45, 2.75) is 13.3 Å². The van der Waals surface area contributed by atoms with Crippen LogP contribution in [0.5, 0.6) is 0 Å². The first-order valence-corrected chi connectivity index (χ1v) is 6.42. The lowest BCUT2D eigenvalue weighted by molar-refractivity contribution is 0.629. The van der Waals surface area contributed by atoms with Crippen LogP contribution in [-0.2, 0) is 6.42 Å². The van der Waals surface area contributed by atoms with Crippen molar-refractivity contribution in [3.63, 3.8) is 0 Å². The maximum absolute atomic E-state index is 13.3. The largest absolute Gasteiger partial charge is 0.256 e. The zero-order valence-electron chi connectivity index (χ0n) is 10.7. The van der Waals surface area contributed by atoms with E-state index in [0.717, 1.165) is 22.9 Å². The van der Waals surface area contributed by atoms with Crippen LogP contribution in [0.15, 0.2) is 54.7 Å². The fourth-order valence-corrected chi connectivity index (χ4v) is 2.42. The fourth-order valence-electron chi connectivity index (χ4n) is 2.42. The van der Waals surface area contributed by atoms with Crippen molar-refractivity contribution >= 4 is 10.9 Å². The summed E-state index contributed by atoms with van der Waals surface area (Å²) < 4.78 is 13.3. The van der Waals surface area contributed by atoms with Gasteiger partial charge in [-0.05, 0) is 35.2 Å². The van der Waals surface area contributed by atoms with Crippen LogP contribution in [0.4, 0.5) is 4.39 Å². The number of aryl methyl sites for hydroxylation is 1. The average Bonchev–Trinajstić information content (AvgIpc) is 2.46. The molecule has 2 aromatic carbocycles. The van der Waals surface area contributed by atoms with Crippen LogP contribution in [0.2, 0.25) is 0 Å². The number of halogens is 1. The Kier molecular flexibility index (Phi) is 3.00. The molecule has 3 rings (SSSR count). The first-order chi connectivity index (χ1) is 9.29. The molecule has 94 valence electrons. The summed E-state index contributed by atoms with van der Waals surface area (Å²) in [7, 11) is 0. The smallest absolute Gasteiger partial charge is 0.125 e. The molecule has 0 saturated carbocycles. The van der Waals surface area contributed by atoms with E-state index in [1.165, 1.54) is 17.7 Å². The maximum atomic E-state index is 13.3. The van der Waals surface area contributed by atoms with Crippen molar-refractivity contribution in [3.05, 3.63) is 66.1 Å². The molecule has 0 bridgehead atoms. The molecule has 2 heteroatoms. The normalized spacial score (nSPS) is 10.8. The van der Waals surface area contributed by atoms with Gasteiger partial charge >= 0.3 is 0 Å². The van der Waals surface area contributed by atoms with Gasteiger partial charge in [0.25, 0.3) is 0 Å². The summed E-state index contributed by atoms with van der Waals surface area (Å²) in [4.78, 5) is 4.36. The van der Waals surface area contributed by atoms with Crippen LogP contribution >= 0.6 is 0 Å². The molecule has 1 nitrogen and oxygen atoms in total. The van der Waals surface area contributed by atoms with Gasteiger partial charge in [0.05, 0.1) is 5.52 Å². The third-order valence-electron chi connectivity index (χ3n) is 3.35. The van der Waals surface area contributed by atoms with Crippen LogP contribution in [-0.4, -0.2) is 4.98 Å². The van der Waals surface area contributed by atoms with Crippen LogP contribution in [0.25, 0.3) is 22.0 Å². The lowest BCUT2D eigenvalue weighted by Gasteiger charge is -2.11. The highest BCUT2D eigenvalue weighted by molar-refractivity contribution is 5.96. The molecular formula is C17H14FN. The van der Waals surface area contributed by atoms with Gasteiger partial charge in [-0.1, -0.05) is 37.3 Å². The first-order valence-electron chi connectivity index (χ1n) is 6.42. The van der Waals surface area contributed by atoms with E-state index in [1.54, 1.807) is 0 Å². The molecule has 0 saturated heterocycles. The SMILES string of the molecule is CCc1cnc2cc(F)ccc2c1-c1ccccc1. The van der Waals surface area contributed by atoms with E-state index in [2.05, 4.69) is 24.0 Å². The van der Waals surface area contributed by atoms with E-state index in [0.29, 0.717) is 5.52 Å². The maximum Gasteiger partial charge on any atom is 0.125 e. The monoisotopic (exact) mass is 251 g/mol. The summed E-state index contributed by atoms with van der Waals surface area (Å²) in [6, 6.07) is 15.0. The van der Waals surface area contributed by atoms with Gasteiger partial charge in [0, 0.05) is 17.6 Å². The topological polar surface area (TPSA) is 12.9 Å². The molecule has 0 aliphatic carbocycles. The zero-order valence-corrected chi connectivity index (χ0v) is 10.7. The van der Waals surface area contributed by atoms with Crippen LogP contribution < -0.4 is 0 Å². The summed E-state index contributed by atoms with van der Waals surface area (Å²) in [6.07, 6.45) is 2.76. The quantitative estimate of drug-likeness (QED) is 0.648. The van der Waals surface area contributed by atoms with E-state index in [-0.39, 0.29) is 5.82 Å². The highest BCUT2D eigenvalue weighted by Crippen LogP contribution is 2.31. The molecule has 0 N–H and O–H groups in total. The third-order valence-corrected chi connectivity index (χ3v) is 3.35. The lowest BCUT2D eigenvalue weighted by atomic mass is 9.95. The van der Waals surface area contributed by atoms with Crippen molar-refractivity contribution in [1.82, 2.24) is 4.98 Å². The molecule has 0 fully saturated rings. The standard InChI is InChI=1S/C17H14FN/c1-2-12-11-19-16-10-14(18)8-9-15(16)17(12)13-6-4-3-5-7-13/h3-11H,2H2,1H3. The number of pyridine rings is 1. The molecule has 3 aromatic rings. The van der Waals surface area contributed by atoms with Crippen molar-refractivity contribution in [2.75, 3.05) is 0 Å². The number of rotatable bonds is 2. The summed E-state index contributed by atoms with van der Waals surface area (Å²) >= 11 is 0. The second kappa shape index (κ2) is 4.81. The highest BCUT2D eigenvalue weighted by Gasteiger charge is 2.10. The number of benzene rings is 2. The Labute approximate surface area is 111 Å². The van der Waals surface area contributed by atoms with Gasteiger partial charge in [-0.2, -0.15) is 0 Å². The van der Waals surface area contributed by atoms with E-state index < -0.39 is 0 Å². The number of hydrogen-bond donors (Lipinski definition) is 0. The molecule has 1 aromatic heterocycles. The van der Waals surface area contributed by atoms with E-state index in [1.807, 2.05) is 30.5 Å². The Morgan fingerprint density at radius 3 is 2.58 bits per heavy atom. The molecule has 0 amide bonds. The molecule has 0 aliphatic heterocycles. The number of nitrogens with zero attached hydrogens (tertiary/aromatic N) is 1. The molecule has 0 aliphatic rings. The van der Waals surface area contributed by atoms with Crippen molar-refractivity contribution in [2.24, 2.45) is 0 Å². The molecule has 0 radical (unpaired) electrons. The Morgan fingerprint density at radius 2 is 1.84 bits per heavy atom. The zero-order chi connectivity index (χ0) is 13.2. The molecule has 0 unspecified atom stereocenters. The van der Waals surface area contributed by atoms with E-state index in [4.69, 9.17) is 0 Å². The van der Waals surface area contributed by atoms with Crippen LogP contribution in [0.3, 0.4) is 0 Å². The van der Waals surface area contributed by atoms with E-state index >= 15 is 0 Å². The number of aromatic nitrogens is 1. The van der Waals surface area contributed by atoms with Crippen LogP contribution in [0, 0.1) is 5.82 Å². The van der Waals surface area contributed by atoms with Crippen molar-refractivity contribution < 1.29 is 4.39 Å². The Morgan fingerprint density at radius 1 is 1.05 bits per heavy atom. The van der Waals surface area contributed by atoms with Gasteiger partial charge in [0.15, 0.2) is 0 Å². The van der Waals surface area contributed by atoms with E-state index in [9.17, 15) is 4.39 Å². The summed E-state index contributed by atoms with van der Waals surface area (Å²) in [6.45, 7) is 2.11. The molecule has 19 heavy (non-hydrogen) atoms. The number of fused-ring (bicyclic) bond motifs is 1. The molecule has 1 heterocycles. The Balaban J connectivity index is 2.37. The van der Waals surface area contributed by atoms with Gasteiger partial charge in [-0.15, -0.1) is 0 Å². The predicted molar refractivity (Wildman–Crippen MR) is 76.5 cm³/mol. The Hall–Kier alpha value is -2.22. The second-order valence-corrected chi connectivity index (χ2v) is 4.54. The van der Waals surface area contributed by atoms with Gasteiger partial charge in [0.1, 0.15) is 5.82 Å². The highest BCUT2D eigenvalue weighted by atomic mass is 19.1. The summed E-state index contributed by atoms with van der Waals surface area (Å²) in [5.74, 6) is -0.247. The third kappa shape index (κ3) is 2.10. The first kappa shape index (κ1) is 11.8. The minimum atomic E-state index is -0.247. The predicted octanol–water partition coefficient (Wildman–Crippen LogP) is 4.60. The lowest BCUT2D eigenvalue weighted by Crippen LogP contribution is -1.93. The Bertz CT molecular complexity index is 720. The fraction of sp³-hybridized carbons (Fsp3) is 0.118. The van der Waals surface area contributed by atoms with Gasteiger partial charge in [-0.25, -0.2) is 4.39 Å². The minimum Gasteiger partial charge on any atom is -0.256 e. The second-order valence-electron chi connectivity index (χ2n) is 4.54. The van der Waals surface area contributed by atoms with Gasteiger partial charge in [-0.3, -0.25) is 4.98 Å². The molecule has 0 spiro atoms. The van der Waals surface area contributed by atoms with Gasteiger partial charge < -0.3 is 0 Å². The minimum absolute atomic E-state index is 0.247. The van der Waals surface area contributed by atoms with Crippen molar-refractivity contribution in [1.29, 1.82) is 0 Å². The summed E-state index contributed by atoms with van der Waals surface area (Å²) in [5.41, 5.74) is 4.20. The molecule has 0 atom stereocenters. The average molecular weight is 251 g/mol.